The summed E-state index contributed by atoms with van der Waals surface area (Å²) in [4.78, 5) is 14.5. The predicted octanol–water partition coefficient (Wildman–Crippen LogP) is 1.35. The quantitative estimate of drug-likeness (QED) is 0.896. The van der Waals surface area contributed by atoms with Gasteiger partial charge in [0.1, 0.15) is 5.75 Å². The van der Waals surface area contributed by atoms with Crippen molar-refractivity contribution in [2.24, 2.45) is 5.92 Å². The van der Waals surface area contributed by atoms with Gasteiger partial charge in [0.15, 0.2) is 5.69 Å². The number of nitrogens with one attached hydrogen (secondary N) is 1. The minimum Gasteiger partial charge on any atom is -0.497 e. The van der Waals surface area contributed by atoms with Gasteiger partial charge in [0.2, 0.25) is 0 Å². The van der Waals surface area contributed by atoms with E-state index in [1.807, 2.05) is 36.2 Å². The molecule has 1 saturated heterocycles. The van der Waals surface area contributed by atoms with Crippen molar-refractivity contribution in [1.82, 2.24) is 25.2 Å². The van der Waals surface area contributed by atoms with Gasteiger partial charge in [0.25, 0.3) is 5.91 Å². The zero-order chi connectivity index (χ0) is 16.9. The fraction of sp³-hybridized carbons (Fsp3) is 0.471. The largest absolute Gasteiger partial charge is 0.497 e. The van der Waals surface area contributed by atoms with Gasteiger partial charge >= 0.3 is 0 Å². The third-order valence-electron chi connectivity index (χ3n) is 4.44. The smallest absolute Gasteiger partial charge is 0.276 e. The SMILES string of the molecule is CNCC1CCN(C(=O)c2cn(-c3ccc(OC)cc3)nn2)CC1. The maximum atomic E-state index is 12.6. The molecule has 24 heavy (non-hydrogen) atoms. The van der Waals surface area contributed by atoms with Crippen LogP contribution in [-0.4, -0.2) is 59.6 Å². The molecule has 1 N–H and O–H groups in total. The average Bonchev–Trinajstić information content (AvgIpc) is 3.12. The average molecular weight is 329 g/mol. The summed E-state index contributed by atoms with van der Waals surface area (Å²) in [5.41, 5.74) is 1.23. The minimum atomic E-state index is -0.0438. The summed E-state index contributed by atoms with van der Waals surface area (Å²) in [5.74, 6) is 1.38. The van der Waals surface area contributed by atoms with Crippen molar-refractivity contribution in [3.05, 3.63) is 36.2 Å². The molecule has 0 atom stereocenters. The molecule has 0 unspecified atom stereocenters. The lowest BCUT2D eigenvalue weighted by molar-refractivity contribution is 0.0685. The molecule has 2 aromatic rings. The highest BCUT2D eigenvalue weighted by atomic mass is 16.5. The van der Waals surface area contributed by atoms with E-state index in [4.69, 9.17) is 4.74 Å². The van der Waals surface area contributed by atoms with Crippen LogP contribution >= 0.6 is 0 Å². The molecule has 1 aliphatic heterocycles. The van der Waals surface area contributed by atoms with E-state index in [9.17, 15) is 4.79 Å². The number of piperidine rings is 1. The zero-order valence-corrected chi connectivity index (χ0v) is 14.1. The van der Waals surface area contributed by atoms with E-state index < -0.39 is 0 Å². The number of nitrogens with zero attached hydrogens (tertiary/aromatic N) is 4. The first kappa shape index (κ1) is 16.4. The van der Waals surface area contributed by atoms with Crippen molar-refractivity contribution >= 4 is 5.91 Å². The van der Waals surface area contributed by atoms with Gasteiger partial charge in [-0.3, -0.25) is 4.79 Å². The Morgan fingerprint density at radius 3 is 2.62 bits per heavy atom. The van der Waals surface area contributed by atoms with E-state index in [0.29, 0.717) is 11.6 Å². The van der Waals surface area contributed by atoms with Crippen molar-refractivity contribution in [3.8, 4) is 11.4 Å². The summed E-state index contributed by atoms with van der Waals surface area (Å²) in [6, 6.07) is 7.46. The number of carbonyl (C=O) groups is 1. The van der Waals surface area contributed by atoms with E-state index in [1.165, 1.54) is 0 Å². The van der Waals surface area contributed by atoms with Crippen LogP contribution in [0.4, 0.5) is 0 Å². The highest BCUT2D eigenvalue weighted by Gasteiger charge is 2.25. The van der Waals surface area contributed by atoms with Crippen LogP contribution in [0.5, 0.6) is 5.75 Å². The summed E-state index contributed by atoms with van der Waals surface area (Å²) in [5, 5.41) is 11.3. The monoisotopic (exact) mass is 329 g/mol. The summed E-state index contributed by atoms with van der Waals surface area (Å²) in [7, 11) is 3.59. The van der Waals surface area contributed by atoms with Gasteiger partial charge in [0.05, 0.1) is 19.0 Å². The molecule has 1 aliphatic rings. The normalized spacial score (nSPS) is 15.5. The fourth-order valence-corrected chi connectivity index (χ4v) is 3.01. The maximum absolute atomic E-state index is 12.6. The summed E-state index contributed by atoms with van der Waals surface area (Å²) >= 11 is 0. The molecule has 7 heteroatoms. The Bertz CT molecular complexity index is 675. The molecule has 3 rings (SSSR count). The Morgan fingerprint density at radius 1 is 1.29 bits per heavy atom. The Hall–Kier alpha value is -2.41. The molecule has 0 saturated carbocycles. The molecular formula is C17H23N5O2. The summed E-state index contributed by atoms with van der Waals surface area (Å²) in [6.07, 6.45) is 3.74. The van der Waals surface area contributed by atoms with Gasteiger partial charge in [-0.05, 0) is 56.6 Å². The third-order valence-corrected chi connectivity index (χ3v) is 4.44. The standard InChI is InChI=1S/C17H23N5O2/c1-18-11-13-7-9-21(10-8-13)17(23)16-12-22(20-19-16)14-3-5-15(24-2)6-4-14/h3-6,12-13,18H,7-11H2,1-2H3. The number of likely N-dealkylation sites (tertiary alicyclic amines) is 1. The number of hydrogen-bond acceptors (Lipinski definition) is 5. The van der Waals surface area contributed by atoms with Crippen LogP contribution < -0.4 is 10.1 Å². The van der Waals surface area contributed by atoms with Crippen LogP contribution in [-0.2, 0) is 0 Å². The van der Waals surface area contributed by atoms with Crippen LogP contribution in [0.25, 0.3) is 5.69 Å². The van der Waals surface area contributed by atoms with Gasteiger partial charge in [-0.25, -0.2) is 4.68 Å². The van der Waals surface area contributed by atoms with Crippen LogP contribution in [0.15, 0.2) is 30.5 Å². The zero-order valence-electron chi connectivity index (χ0n) is 14.1. The number of hydrogen-bond donors (Lipinski definition) is 1. The minimum absolute atomic E-state index is 0.0438. The first-order valence-electron chi connectivity index (χ1n) is 8.22. The maximum Gasteiger partial charge on any atom is 0.276 e. The van der Waals surface area contributed by atoms with Crippen molar-refractivity contribution in [2.75, 3.05) is 33.8 Å². The van der Waals surface area contributed by atoms with Gasteiger partial charge in [-0.1, -0.05) is 5.21 Å². The Kier molecular flexibility index (Phi) is 5.10. The van der Waals surface area contributed by atoms with Crippen LogP contribution in [0, 0.1) is 5.92 Å². The predicted molar refractivity (Wildman–Crippen MR) is 90.5 cm³/mol. The lowest BCUT2D eigenvalue weighted by Crippen LogP contribution is -2.40. The van der Waals surface area contributed by atoms with Crippen LogP contribution in [0.3, 0.4) is 0 Å². The molecular weight excluding hydrogens is 306 g/mol. The molecule has 0 radical (unpaired) electrons. The number of methoxy groups -OCH3 is 1. The van der Waals surface area contributed by atoms with E-state index in [2.05, 4.69) is 15.6 Å². The van der Waals surface area contributed by atoms with Crippen LogP contribution in [0.1, 0.15) is 23.3 Å². The first-order valence-corrected chi connectivity index (χ1v) is 8.22. The molecule has 1 fully saturated rings. The van der Waals surface area contributed by atoms with Crippen molar-refractivity contribution < 1.29 is 9.53 Å². The third kappa shape index (κ3) is 3.56. The van der Waals surface area contributed by atoms with Crippen molar-refractivity contribution in [2.45, 2.75) is 12.8 Å². The number of ether oxygens (including phenoxy) is 1. The topological polar surface area (TPSA) is 72.3 Å². The Morgan fingerprint density at radius 2 is 2.00 bits per heavy atom. The summed E-state index contributed by atoms with van der Waals surface area (Å²) < 4.78 is 6.75. The number of aromatic nitrogens is 3. The lowest BCUT2D eigenvalue weighted by Gasteiger charge is -2.31. The highest BCUT2D eigenvalue weighted by molar-refractivity contribution is 5.92. The van der Waals surface area contributed by atoms with E-state index in [-0.39, 0.29) is 5.91 Å². The van der Waals surface area contributed by atoms with Gasteiger partial charge in [-0.15, -0.1) is 5.10 Å². The molecule has 1 amide bonds. The first-order chi connectivity index (χ1) is 11.7. The second-order valence-electron chi connectivity index (χ2n) is 6.04. The number of benzene rings is 1. The molecule has 128 valence electrons. The molecule has 1 aromatic heterocycles. The number of carbonyl (C=O) groups excluding carboxylic acids is 1. The molecule has 2 heterocycles. The van der Waals surface area contributed by atoms with Gasteiger partial charge in [-0.2, -0.15) is 0 Å². The highest BCUT2D eigenvalue weighted by Crippen LogP contribution is 2.19. The summed E-state index contributed by atoms with van der Waals surface area (Å²) in [6.45, 7) is 2.57. The van der Waals surface area contributed by atoms with E-state index >= 15 is 0 Å². The van der Waals surface area contributed by atoms with Crippen LogP contribution in [0.2, 0.25) is 0 Å². The van der Waals surface area contributed by atoms with Gasteiger partial charge < -0.3 is 15.0 Å². The van der Waals surface area contributed by atoms with Gasteiger partial charge in [0, 0.05) is 13.1 Å². The Labute approximate surface area is 141 Å². The second-order valence-corrected chi connectivity index (χ2v) is 6.04. The Balaban J connectivity index is 1.65. The van der Waals surface area contributed by atoms with Crippen molar-refractivity contribution in [3.63, 3.8) is 0 Å². The number of rotatable bonds is 5. The second kappa shape index (κ2) is 7.44. The molecule has 1 aromatic carbocycles. The van der Waals surface area contributed by atoms with E-state index in [1.54, 1.807) is 18.0 Å². The molecule has 0 aliphatic carbocycles. The number of amides is 1. The molecule has 0 bridgehead atoms. The lowest BCUT2D eigenvalue weighted by atomic mass is 9.97. The van der Waals surface area contributed by atoms with Crippen molar-refractivity contribution in [1.29, 1.82) is 0 Å². The fourth-order valence-electron chi connectivity index (χ4n) is 3.01. The molecule has 7 nitrogen and oxygen atoms in total. The van der Waals surface area contributed by atoms with E-state index in [0.717, 1.165) is 43.9 Å². The molecule has 0 spiro atoms.